The number of pyridine rings is 1. The van der Waals surface area contributed by atoms with Gasteiger partial charge in [-0.3, -0.25) is 9.36 Å². The number of hydrogen-bond acceptors (Lipinski definition) is 4. The van der Waals surface area contributed by atoms with Crippen molar-refractivity contribution < 1.29 is 5.11 Å². The van der Waals surface area contributed by atoms with Crippen molar-refractivity contribution in [3.63, 3.8) is 0 Å². The van der Waals surface area contributed by atoms with Gasteiger partial charge in [0.15, 0.2) is 0 Å². The molecule has 1 aliphatic heterocycles. The number of halogens is 1. The van der Waals surface area contributed by atoms with Crippen molar-refractivity contribution in [2.45, 2.75) is 25.4 Å². The number of aliphatic hydroxyl groups excluding tert-OH is 1. The molecule has 2 aromatic carbocycles. The number of anilines is 1. The molecule has 0 fully saturated rings. The first-order chi connectivity index (χ1) is 14.0. The summed E-state index contributed by atoms with van der Waals surface area (Å²) in [4.78, 5) is 12.7. The second kappa shape index (κ2) is 7.75. The molecule has 2 heterocycles. The van der Waals surface area contributed by atoms with Gasteiger partial charge < -0.3 is 10.4 Å². The maximum absolute atomic E-state index is 12.7. The lowest BCUT2D eigenvalue weighted by atomic mass is 9.89. The van der Waals surface area contributed by atoms with Gasteiger partial charge in [0.2, 0.25) is 0 Å². The van der Waals surface area contributed by atoms with Crippen molar-refractivity contribution >= 4 is 17.3 Å². The van der Waals surface area contributed by atoms with Crippen molar-refractivity contribution in [1.82, 2.24) is 4.57 Å². The molecule has 2 N–H and O–H groups in total. The highest BCUT2D eigenvalue weighted by molar-refractivity contribution is 6.30. The van der Waals surface area contributed by atoms with Crippen LogP contribution < -0.4 is 10.9 Å². The quantitative estimate of drug-likeness (QED) is 0.673. The summed E-state index contributed by atoms with van der Waals surface area (Å²) < 4.78 is 1.62. The minimum Gasteiger partial charge on any atom is -0.391 e. The predicted octanol–water partition coefficient (Wildman–Crippen LogP) is 3.98. The Kier molecular flexibility index (Phi) is 5.14. The summed E-state index contributed by atoms with van der Waals surface area (Å²) in [5.41, 5.74) is 4.29. The smallest absolute Gasteiger partial charge is 0.255 e. The molecule has 2 unspecified atom stereocenters. The van der Waals surface area contributed by atoms with Crippen LogP contribution in [0.3, 0.4) is 0 Å². The molecule has 29 heavy (non-hydrogen) atoms. The van der Waals surface area contributed by atoms with Gasteiger partial charge in [0.25, 0.3) is 5.56 Å². The largest absolute Gasteiger partial charge is 0.391 e. The van der Waals surface area contributed by atoms with E-state index >= 15 is 0 Å². The van der Waals surface area contributed by atoms with Gasteiger partial charge in [0.1, 0.15) is 6.07 Å². The maximum Gasteiger partial charge on any atom is 0.255 e. The van der Waals surface area contributed by atoms with Crippen molar-refractivity contribution in [2.24, 2.45) is 0 Å². The molecule has 4 rings (SSSR count). The molecule has 0 saturated carbocycles. The number of nitrogens with one attached hydrogen (secondary N) is 1. The first kappa shape index (κ1) is 19.3. The van der Waals surface area contributed by atoms with E-state index in [9.17, 15) is 15.2 Å². The zero-order valence-electron chi connectivity index (χ0n) is 15.9. The number of nitrogens with zero attached hydrogens (tertiary/aromatic N) is 2. The lowest BCUT2D eigenvalue weighted by Crippen LogP contribution is -2.24. The van der Waals surface area contributed by atoms with Crippen LogP contribution in [0, 0.1) is 18.3 Å². The third kappa shape index (κ3) is 3.53. The molecular weight excluding hydrogens is 386 g/mol. The second-order valence-electron chi connectivity index (χ2n) is 7.26. The predicted molar refractivity (Wildman–Crippen MR) is 114 cm³/mol. The number of aliphatic hydroxyl groups is 1. The second-order valence-corrected chi connectivity index (χ2v) is 7.70. The minimum atomic E-state index is -0.669. The van der Waals surface area contributed by atoms with E-state index in [0.29, 0.717) is 34.8 Å². The van der Waals surface area contributed by atoms with Crippen LogP contribution in [0.4, 0.5) is 5.69 Å². The lowest BCUT2D eigenvalue weighted by molar-refractivity contribution is 0.172. The lowest BCUT2D eigenvalue weighted by Gasteiger charge is -2.19. The Hall–Kier alpha value is -3.07. The zero-order chi connectivity index (χ0) is 20.5. The Morgan fingerprint density at radius 2 is 1.97 bits per heavy atom. The van der Waals surface area contributed by atoms with E-state index < -0.39 is 6.10 Å². The molecule has 0 radical (unpaired) electrons. The number of aromatic nitrogens is 1. The average Bonchev–Trinajstić information content (AvgIpc) is 3.03. The van der Waals surface area contributed by atoms with Crippen LogP contribution in [0.15, 0.2) is 59.4 Å². The fourth-order valence-electron chi connectivity index (χ4n) is 4.01. The van der Waals surface area contributed by atoms with Gasteiger partial charge in [-0.05, 0) is 54.8 Å². The van der Waals surface area contributed by atoms with Gasteiger partial charge in [0.05, 0.1) is 23.0 Å². The SMILES string of the molecule is Cc1cc(=O)n2c(c1C#N)C(CC(O)CNc1ccc(Cl)cc1)c1ccccc1-2. The molecule has 1 aliphatic rings. The van der Waals surface area contributed by atoms with Crippen molar-refractivity contribution in [1.29, 1.82) is 5.26 Å². The van der Waals surface area contributed by atoms with Crippen LogP contribution >= 0.6 is 11.6 Å². The summed E-state index contributed by atoms with van der Waals surface area (Å²) in [5, 5.41) is 24.3. The number of hydrogen-bond donors (Lipinski definition) is 2. The monoisotopic (exact) mass is 405 g/mol. The molecule has 3 aromatic rings. The molecule has 1 aromatic heterocycles. The number of aryl methyl sites for hydroxylation is 1. The van der Waals surface area contributed by atoms with Gasteiger partial charge in [-0.15, -0.1) is 0 Å². The summed E-state index contributed by atoms with van der Waals surface area (Å²) in [6, 6.07) is 18.7. The fourth-order valence-corrected chi connectivity index (χ4v) is 4.13. The van der Waals surface area contributed by atoms with Crippen LogP contribution in [0.5, 0.6) is 0 Å². The van der Waals surface area contributed by atoms with Crippen LogP contribution in [-0.4, -0.2) is 22.3 Å². The Morgan fingerprint density at radius 1 is 1.24 bits per heavy atom. The molecule has 0 aliphatic carbocycles. The number of fused-ring (bicyclic) bond motifs is 3. The zero-order valence-corrected chi connectivity index (χ0v) is 16.6. The van der Waals surface area contributed by atoms with Crippen LogP contribution in [0.2, 0.25) is 5.02 Å². The average molecular weight is 406 g/mol. The maximum atomic E-state index is 12.7. The molecule has 0 bridgehead atoms. The van der Waals surface area contributed by atoms with Gasteiger partial charge in [0, 0.05) is 29.2 Å². The van der Waals surface area contributed by atoms with Gasteiger partial charge in [-0.2, -0.15) is 5.26 Å². The van der Waals surface area contributed by atoms with Crippen molar-refractivity contribution in [2.75, 3.05) is 11.9 Å². The first-order valence-electron chi connectivity index (χ1n) is 9.43. The van der Waals surface area contributed by atoms with E-state index in [4.69, 9.17) is 11.6 Å². The fraction of sp³-hybridized carbons (Fsp3) is 0.217. The highest BCUT2D eigenvalue weighted by Crippen LogP contribution is 2.41. The van der Waals surface area contributed by atoms with E-state index in [1.165, 1.54) is 6.07 Å². The third-order valence-corrected chi connectivity index (χ3v) is 5.59. The Bertz CT molecular complexity index is 1160. The number of para-hydroxylation sites is 1. The Balaban J connectivity index is 1.65. The topological polar surface area (TPSA) is 78.0 Å². The number of benzene rings is 2. The van der Waals surface area contributed by atoms with Crippen LogP contribution in [-0.2, 0) is 0 Å². The highest BCUT2D eigenvalue weighted by atomic mass is 35.5. The normalized spacial score (nSPS) is 15.3. The Labute approximate surface area is 173 Å². The third-order valence-electron chi connectivity index (χ3n) is 5.34. The number of nitriles is 1. The molecule has 2 atom stereocenters. The Morgan fingerprint density at radius 3 is 2.69 bits per heavy atom. The van der Waals surface area contributed by atoms with Crippen LogP contribution in [0.25, 0.3) is 5.69 Å². The van der Waals surface area contributed by atoms with Gasteiger partial charge in [-0.25, -0.2) is 0 Å². The van der Waals surface area contributed by atoms with Crippen molar-refractivity contribution in [3.05, 3.63) is 92.4 Å². The van der Waals surface area contributed by atoms with E-state index in [2.05, 4.69) is 11.4 Å². The van der Waals surface area contributed by atoms with Crippen molar-refractivity contribution in [3.8, 4) is 11.8 Å². The van der Waals surface area contributed by atoms with Gasteiger partial charge in [-0.1, -0.05) is 29.8 Å². The summed E-state index contributed by atoms with van der Waals surface area (Å²) in [5.74, 6) is -0.226. The van der Waals surface area contributed by atoms with E-state index in [1.54, 1.807) is 23.6 Å². The molecule has 5 nitrogen and oxygen atoms in total. The first-order valence-corrected chi connectivity index (χ1v) is 9.81. The van der Waals surface area contributed by atoms with E-state index in [0.717, 1.165) is 16.9 Å². The highest BCUT2D eigenvalue weighted by Gasteiger charge is 2.34. The summed E-state index contributed by atoms with van der Waals surface area (Å²) >= 11 is 5.91. The standard InChI is InChI=1S/C23H20ClN3O2/c1-14-10-22(29)27-21-5-3-2-4-18(21)19(23(27)20(14)12-25)11-17(28)13-26-16-8-6-15(24)7-9-16/h2-10,17,19,26,28H,11,13H2,1H3. The van der Waals surface area contributed by atoms with Crippen LogP contribution in [0.1, 0.15) is 34.7 Å². The summed E-state index contributed by atoms with van der Waals surface area (Å²) in [6.45, 7) is 2.12. The summed E-state index contributed by atoms with van der Waals surface area (Å²) in [7, 11) is 0. The summed E-state index contributed by atoms with van der Waals surface area (Å²) in [6.07, 6.45) is -0.271. The molecule has 0 spiro atoms. The number of rotatable bonds is 5. The molecular formula is C23H20ClN3O2. The molecule has 0 saturated heterocycles. The van der Waals surface area contributed by atoms with Gasteiger partial charge >= 0.3 is 0 Å². The van der Waals surface area contributed by atoms with E-state index in [1.807, 2.05) is 36.4 Å². The minimum absolute atomic E-state index is 0.153. The molecule has 146 valence electrons. The molecule has 0 amide bonds. The molecule has 6 heteroatoms. The van der Waals surface area contributed by atoms with E-state index in [-0.39, 0.29) is 11.5 Å².